The summed E-state index contributed by atoms with van der Waals surface area (Å²) in [7, 11) is 2.16. The van der Waals surface area contributed by atoms with E-state index in [1.54, 1.807) is 0 Å². The lowest BCUT2D eigenvalue weighted by Crippen LogP contribution is -2.48. The summed E-state index contributed by atoms with van der Waals surface area (Å²) in [6, 6.07) is 22.8. The van der Waals surface area contributed by atoms with Gasteiger partial charge in [-0.15, -0.1) is 0 Å². The Labute approximate surface area is 236 Å². The summed E-state index contributed by atoms with van der Waals surface area (Å²) >= 11 is 0. The fourth-order valence-corrected chi connectivity index (χ4v) is 7.04. The Bertz CT molecular complexity index is 1840. The minimum atomic E-state index is 0.299. The van der Waals surface area contributed by atoms with Crippen molar-refractivity contribution in [2.75, 3.05) is 7.05 Å². The maximum Gasteiger partial charge on any atom is 0.227 e. The standard InChI is InChI=1S/C36H36N3O/c1-6-24-12-16-26-30(21-24)27-17-13-25-14-18-28-29-15-11-22(3)37-36(29)40-35(28)34(25)31(7-2)38(5)23(4)20-33(27)39-19-9-8-10-32(26)39/h7-12,14-16,18-19,21,27,33H,4,6,13,17,20H2,1-3,5H3/q+1/b31-7-. The normalized spacial score (nSPS) is 19.9. The first-order valence-electron chi connectivity index (χ1n) is 14.5. The highest BCUT2D eigenvalue weighted by molar-refractivity contribution is 6.07. The number of pyridine rings is 2. The molecule has 0 spiro atoms. The third-order valence-electron chi connectivity index (χ3n) is 9.18. The molecule has 4 heteroatoms. The number of rotatable bonds is 1. The molecular formula is C36H36N3O+. The van der Waals surface area contributed by atoms with Crippen molar-refractivity contribution in [2.45, 2.75) is 58.4 Å². The number of benzene rings is 2. The van der Waals surface area contributed by atoms with E-state index in [0.717, 1.165) is 59.1 Å². The molecule has 4 nitrogen and oxygen atoms in total. The monoisotopic (exact) mass is 526 g/mol. The van der Waals surface area contributed by atoms with E-state index in [-0.39, 0.29) is 0 Å². The number of aromatic nitrogens is 2. The summed E-state index contributed by atoms with van der Waals surface area (Å²) in [6.45, 7) is 11.0. The average Bonchev–Trinajstić information content (AvgIpc) is 3.34. The predicted molar refractivity (Wildman–Crippen MR) is 163 cm³/mol. The molecule has 0 radical (unpaired) electrons. The van der Waals surface area contributed by atoms with Gasteiger partial charge >= 0.3 is 0 Å². The molecular weight excluding hydrogens is 490 g/mol. The van der Waals surface area contributed by atoms with Gasteiger partial charge in [0.25, 0.3) is 0 Å². The summed E-state index contributed by atoms with van der Waals surface area (Å²) in [4.78, 5) is 7.00. The number of hydrogen-bond donors (Lipinski definition) is 0. The number of fused-ring (bicyclic) bond motifs is 11. The smallest absolute Gasteiger partial charge is 0.227 e. The number of aryl methyl sites for hydroxylation is 3. The maximum absolute atomic E-state index is 6.54. The molecule has 5 aromatic rings. The second-order valence-corrected chi connectivity index (χ2v) is 11.4. The minimum Gasteiger partial charge on any atom is -0.437 e. The van der Waals surface area contributed by atoms with Gasteiger partial charge in [-0.05, 0) is 74.1 Å². The van der Waals surface area contributed by atoms with Crippen LogP contribution >= 0.6 is 0 Å². The maximum atomic E-state index is 6.54. The number of nitrogens with zero attached hydrogens (tertiary/aromatic N) is 3. The first kappa shape index (κ1) is 24.8. The second kappa shape index (κ2) is 9.48. The van der Waals surface area contributed by atoms with Gasteiger partial charge < -0.3 is 9.32 Å². The molecule has 5 heterocycles. The van der Waals surface area contributed by atoms with Gasteiger partial charge in [-0.2, -0.15) is 4.57 Å². The molecule has 3 aromatic heterocycles. The fourth-order valence-electron chi connectivity index (χ4n) is 7.04. The van der Waals surface area contributed by atoms with Crippen molar-refractivity contribution < 1.29 is 8.98 Å². The summed E-state index contributed by atoms with van der Waals surface area (Å²) in [6.07, 6.45) is 8.41. The van der Waals surface area contributed by atoms with Gasteiger partial charge in [0, 0.05) is 64.1 Å². The lowest BCUT2D eigenvalue weighted by Gasteiger charge is -2.35. The van der Waals surface area contributed by atoms with E-state index in [1.807, 2.05) is 6.92 Å². The highest BCUT2D eigenvalue weighted by atomic mass is 16.3. The zero-order valence-corrected chi connectivity index (χ0v) is 23.9. The second-order valence-electron chi connectivity index (χ2n) is 11.4. The molecule has 0 aliphatic carbocycles. The molecule has 0 amide bonds. The van der Waals surface area contributed by atoms with Crippen LogP contribution in [0.4, 0.5) is 0 Å². The Hall–Kier alpha value is -4.18. The Kier molecular flexibility index (Phi) is 5.88. The third-order valence-corrected chi connectivity index (χ3v) is 9.18. The zero-order chi connectivity index (χ0) is 27.5. The largest absolute Gasteiger partial charge is 0.437 e. The van der Waals surface area contributed by atoms with Gasteiger partial charge in [0.1, 0.15) is 5.58 Å². The van der Waals surface area contributed by atoms with E-state index in [9.17, 15) is 0 Å². The van der Waals surface area contributed by atoms with Crippen LogP contribution in [-0.2, 0) is 12.8 Å². The molecule has 7 rings (SSSR count). The van der Waals surface area contributed by atoms with Crippen LogP contribution in [0.1, 0.15) is 66.6 Å². The molecule has 200 valence electrons. The Morgan fingerprint density at radius 3 is 2.77 bits per heavy atom. The van der Waals surface area contributed by atoms with Gasteiger partial charge in [0.05, 0.1) is 6.42 Å². The summed E-state index contributed by atoms with van der Waals surface area (Å²) in [5.74, 6) is 0.377. The highest BCUT2D eigenvalue weighted by Crippen LogP contribution is 2.46. The molecule has 40 heavy (non-hydrogen) atoms. The van der Waals surface area contributed by atoms with Crippen molar-refractivity contribution in [2.24, 2.45) is 0 Å². The van der Waals surface area contributed by atoms with E-state index in [4.69, 9.17) is 9.40 Å². The van der Waals surface area contributed by atoms with Crippen LogP contribution in [0.25, 0.3) is 39.0 Å². The molecule has 0 bridgehead atoms. The van der Waals surface area contributed by atoms with Crippen LogP contribution in [0.2, 0.25) is 0 Å². The minimum absolute atomic E-state index is 0.299. The SMILES string of the molecule is C=C1CC2C(CCc3ccc4c(oc5nc(C)ccc54)c3/C(=C/C)N1C)c1cc(CC)ccc1-c1cccc[n+]12. The van der Waals surface area contributed by atoms with Crippen molar-refractivity contribution in [3.05, 3.63) is 113 Å². The first-order valence-corrected chi connectivity index (χ1v) is 14.5. The van der Waals surface area contributed by atoms with E-state index in [2.05, 4.69) is 110 Å². The van der Waals surface area contributed by atoms with E-state index < -0.39 is 0 Å². The number of allylic oxidation sites excluding steroid dienone is 2. The molecule has 2 unspecified atom stereocenters. The predicted octanol–water partition coefficient (Wildman–Crippen LogP) is 8.29. The summed E-state index contributed by atoms with van der Waals surface area (Å²) in [5, 5.41) is 2.19. The lowest BCUT2D eigenvalue weighted by atomic mass is 9.76. The molecule has 0 saturated carbocycles. The van der Waals surface area contributed by atoms with Gasteiger partial charge in [-0.25, -0.2) is 4.98 Å². The van der Waals surface area contributed by atoms with Crippen LogP contribution in [0, 0.1) is 6.92 Å². The highest BCUT2D eigenvalue weighted by Gasteiger charge is 2.41. The Morgan fingerprint density at radius 2 is 1.95 bits per heavy atom. The Balaban J connectivity index is 1.44. The third kappa shape index (κ3) is 3.73. The van der Waals surface area contributed by atoms with Gasteiger partial charge in [0.2, 0.25) is 11.4 Å². The topological polar surface area (TPSA) is 33.2 Å². The van der Waals surface area contributed by atoms with Crippen LogP contribution < -0.4 is 4.57 Å². The van der Waals surface area contributed by atoms with Crippen molar-refractivity contribution >= 4 is 27.8 Å². The van der Waals surface area contributed by atoms with Crippen molar-refractivity contribution in [1.29, 1.82) is 0 Å². The molecule has 2 aliphatic heterocycles. The fraction of sp³-hybridized carbons (Fsp3) is 0.278. The van der Waals surface area contributed by atoms with Crippen LogP contribution in [-0.4, -0.2) is 16.9 Å². The van der Waals surface area contributed by atoms with Crippen LogP contribution in [0.15, 0.2) is 89.6 Å². The van der Waals surface area contributed by atoms with Crippen molar-refractivity contribution in [3.8, 4) is 11.3 Å². The van der Waals surface area contributed by atoms with E-state index >= 15 is 0 Å². The van der Waals surface area contributed by atoms with Crippen molar-refractivity contribution in [3.63, 3.8) is 0 Å². The van der Waals surface area contributed by atoms with Crippen molar-refractivity contribution in [1.82, 2.24) is 9.88 Å². The van der Waals surface area contributed by atoms with E-state index in [0.29, 0.717) is 17.7 Å². The molecule has 0 saturated heterocycles. The van der Waals surface area contributed by atoms with Gasteiger partial charge in [-0.1, -0.05) is 43.8 Å². The molecule has 0 fully saturated rings. The van der Waals surface area contributed by atoms with Gasteiger partial charge in [-0.3, -0.25) is 0 Å². The Morgan fingerprint density at radius 1 is 1.10 bits per heavy atom. The number of furan rings is 1. The summed E-state index contributed by atoms with van der Waals surface area (Å²) < 4.78 is 9.05. The quantitative estimate of drug-likeness (QED) is 0.206. The average molecular weight is 527 g/mol. The first-order chi connectivity index (χ1) is 19.5. The van der Waals surface area contributed by atoms with E-state index in [1.165, 1.54) is 33.5 Å². The zero-order valence-electron chi connectivity index (χ0n) is 23.9. The molecule has 0 N–H and O–H groups in total. The summed E-state index contributed by atoms with van der Waals surface area (Å²) in [5.41, 5.74) is 12.9. The van der Waals surface area contributed by atoms with Crippen LogP contribution in [0.5, 0.6) is 0 Å². The molecule has 2 atom stereocenters. The van der Waals surface area contributed by atoms with Crippen LogP contribution in [0.3, 0.4) is 0 Å². The molecule has 2 aliphatic rings. The lowest BCUT2D eigenvalue weighted by molar-refractivity contribution is -0.718. The number of hydrogen-bond acceptors (Lipinski definition) is 3. The molecule has 2 aromatic carbocycles. The van der Waals surface area contributed by atoms with Gasteiger partial charge in [0.15, 0.2) is 12.2 Å².